The molecule has 1 atom stereocenters. The van der Waals surface area contributed by atoms with Gasteiger partial charge in [-0.25, -0.2) is 4.90 Å². The molecule has 0 saturated heterocycles. The fraction of sp³-hybridized carbons (Fsp3) is 0.400. The Kier molecular flexibility index (Phi) is 3.38. The Balaban J connectivity index is 2.49. The van der Waals surface area contributed by atoms with Crippen molar-refractivity contribution in [2.45, 2.75) is 33.9 Å². The first-order valence-corrected chi connectivity index (χ1v) is 6.37. The van der Waals surface area contributed by atoms with Gasteiger partial charge in [0.15, 0.2) is 0 Å². The lowest BCUT2D eigenvalue weighted by atomic mass is 9.95. The summed E-state index contributed by atoms with van der Waals surface area (Å²) >= 11 is 0. The first-order valence-electron chi connectivity index (χ1n) is 6.37. The number of hydrogen-bond donors (Lipinski definition) is 0. The highest BCUT2D eigenvalue weighted by Gasteiger charge is 2.45. The summed E-state index contributed by atoms with van der Waals surface area (Å²) in [4.78, 5) is 37.1. The van der Waals surface area contributed by atoms with Crippen LogP contribution in [0.5, 0.6) is 0 Å². The number of carbonyl (C=O) groups is 3. The third-order valence-electron chi connectivity index (χ3n) is 3.05. The summed E-state index contributed by atoms with van der Waals surface area (Å²) in [5.74, 6) is -1.33. The highest BCUT2D eigenvalue weighted by Crippen LogP contribution is 2.37. The molecule has 2 amide bonds. The number of benzene rings is 1. The van der Waals surface area contributed by atoms with Gasteiger partial charge in [-0.15, -0.1) is 0 Å². The van der Waals surface area contributed by atoms with Crippen molar-refractivity contribution in [2.24, 2.45) is 5.41 Å². The number of amides is 2. The van der Waals surface area contributed by atoms with Gasteiger partial charge in [-0.1, -0.05) is 39.0 Å². The molecule has 5 heteroatoms. The number of rotatable bonds is 1. The van der Waals surface area contributed by atoms with Gasteiger partial charge < -0.3 is 4.74 Å². The van der Waals surface area contributed by atoms with Crippen LogP contribution in [0.1, 0.15) is 49.8 Å². The minimum Gasteiger partial charge on any atom is -0.437 e. The molecule has 1 heterocycles. The minimum absolute atomic E-state index is 0.370. The second kappa shape index (κ2) is 4.74. The summed E-state index contributed by atoms with van der Waals surface area (Å²) in [5.41, 5.74) is 0.206. The van der Waals surface area contributed by atoms with Crippen LogP contribution in [0.2, 0.25) is 0 Å². The number of nitrogens with zero attached hydrogens (tertiary/aromatic N) is 1. The highest BCUT2D eigenvalue weighted by atomic mass is 16.6. The van der Waals surface area contributed by atoms with E-state index in [1.807, 2.05) is 0 Å². The van der Waals surface area contributed by atoms with Gasteiger partial charge in [0.25, 0.3) is 5.91 Å². The van der Waals surface area contributed by atoms with Crippen LogP contribution in [0.25, 0.3) is 0 Å². The fourth-order valence-electron chi connectivity index (χ4n) is 2.12. The zero-order valence-corrected chi connectivity index (χ0v) is 12.0. The summed E-state index contributed by atoms with van der Waals surface area (Å²) in [7, 11) is 0. The average Bonchev–Trinajstić information content (AvgIpc) is 2.61. The van der Waals surface area contributed by atoms with Crippen LogP contribution in [0.4, 0.5) is 0 Å². The van der Waals surface area contributed by atoms with Crippen molar-refractivity contribution < 1.29 is 19.1 Å². The van der Waals surface area contributed by atoms with E-state index < -0.39 is 23.5 Å². The van der Waals surface area contributed by atoms with Crippen molar-refractivity contribution in [3.8, 4) is 0 Å². The molecule has 0 aromatic heterocycles. The molecule has 2 rings (SSSR count). The fourth-order valence-corrected chi connectivity index (χ4v) is 2.12. The molecular weight excluding hydrogens is 258 g/mol. The van der Waals surface area contributed by atoms with E-state index in [1.165, 1.54) is 6.92 Å². The van der Waals surface area contributed by atoms with Crippen LogP contribution in [-0.4, -0.2) is 22.7 Å². The van der Waals surface area contributed by atoms with Crippen LogP contribution >= 0.6 is 0 Å². The first kappa shape index (κ1) is 14.2. The molecule has 1 aromatic carbocycles. The lowest BCUT2D eigenvalue weighted by Gasteiger charge is -2.28. The van der Waals surface area contributed by atoms with E-state index >= 15 is 0 Å². The lowest BCUT2D eigenvalue weighted by molar-refractivity contribution is -0.161. The van der Waals surface area contributed by atoms with E-state index in [0.717, 1.165) is 4.90 Å². The van der Waals surface area contributed by atoms with Gasteiger partial charge in [-0.05, 0) is 6.07 Å². The normalized spacial score (nSPS) is 17.9. The zero-order valence-electron chi connectivity index (χ0n) is 12.0. The topological polar surface area (TPSA) is 63.7 Å². The average molecular weight is 275 g/mol. The molecule has 1 aliphatic rings. The monoisotopic (exact) mass is 275 g/mol. The molecule has 20 heavy (non-hydrogen) atoms. The van der Waals surface area contributed by atoms with Crippen LogP contribution in [0, 0.1) is 5.41 Å². The summed E-state index contributed by atoms with van der Waals surface area (Å²) in [6.07, 6.45) is -0.970. The molecule has 0 spiro atoms. The van der Waals surface area contributed by atoms with E-state index in [-0.39, 0.29) is 5.91 Å². The minimum atomic E-state index is -0.970. The molecule has 0 aliphatic carbocycles. The van der Waals surface area contributed by atoms with Crippen LogP contribution in [0.15, 0.2) is 24.3 Å². The Morgan fingerprint density at radius 1 is 1.20 bits per heavy atom. The van der Waals surface area contributed by atoms with Gasteiger partial charge in [-0.2, -0.15) is 0 Å². The van der Waals surface area contributed by atoms with Gasteiger partial charge in [0, 0.05) is 23.5 Å². The first-order chi connectivity index (χ1) is 9.23. The molecule has 5 nitrogen and oxygen atoms in total. The second-order valence-electron chi connectivity index (χ2n) is 5.78. The molecule has 106 valence electrons. The molecular formula is C15H17NO4. The molecule has 0 fully saturated rings. The number of esters is 1. The van der Waals surface area contributed by atoms with Gasteiger partial charge in [0.05, 0.1) is 0 Å². The third-order valence-corrected chi connectivity index (χ3v) is 3.05. The largest absolute Gasteiger partial charge is 0.437 e. The van der Waals surface area contributed by atoms with Crippen molar-refractivity contribution in [1.82, 2.24) is 4.90 Å². The zero-order chi connectivity index (χ0) is 15.1. The standard InChI is InChI=1S/C15H17NO4/c1-9(17)20-13-11-8-6-5-7-10(11)12(18)16(13)14(19)15(2,3)4/h5-8,13H,1-4H3. The molecule has 0 N–H and O–H groups in total. The molecule has 0 bridgehead atoms. The van der Waals surface area contributed by atoms with E-state index in [9.17, 15) is 14.4 Å². The van der Waals surface area contributed by atoms with Gasteiger partial charge >= 0.3 is 5.97 Å². The molecule has 0 saturated carbocycles. The maximum Gasteiger partial charge on any atom is 0.304 e. The third kappa shape index (κ3) is 2.31. The van der Waals surface area contributed by atoms with Crippen molar-refractivity contribution in [2.75, 3.05) is 0 Å². The van der Waals surface area contributed by atoms with Crippen molar-refractivity contribution >= 4 is 17.8 Å². The predicted molar refractivity (Wildman–Crippen MR) is 71.6 cm³/mol. The van der Waals surface area contributed by atoms with E-state index in [1.54, 1.807) is 45.0 Å². The van der Waals surface area contributed by atoms with Crippen LogP contribution < -0.4 is 0 Å². The van der Waals surface area contributed by atoms with Crippen molar-refractivity contribution in [3.63, 3.8) is 0 Å². The van der Waals surface area contributed by atoms with Crippen LogP contribution in [0.3, 0.4) is 0 Å². The Morgan fingerprint density at radius 3 is 2.35 bits per heavy atom. The number of ether oxygens (including phenoxy) is 1. The summed E-state index contributed by atoms with van der Waals surface area (Å²) < 4.78 is 5.18. The van der Waals surface area contributed by atoms with Gasteiger partial charge in [-0.3, -0.25) is 14.4 Å². The van der Waals surface area contributed by atoms with E-state index in [2.05, 4.69) is 0 Å². The Labute approximate surface area is 117 Å². The number of fused-ring (bicyclic) bond motifs is 1. The van der Waals surface area contributed by atoms with Crippen molar-refractivity contribution in [1.29, 1.82) is 0 Å². The number of carbonyl (C=O) groups excluding carboxylic acids is 3. The summed E-state index contributed by atoms with van der Waals surface area (Å²) in [6, 6.07) is 6.78. The quantitative estimate of drug-likeness (QED) is 0.738. The van der Waals surface area contributed by atoms with Crippen molar-refractivity contribution in [3.05, 3.63) is 35.4 Å². The Morgan fingerprint density at radius 2 is 1.80 bits per heavy atom. The molecule has 1 aromatic rings. The van der Waals surface area contributed by atoms with Crippen LogP contribution in [-0.2, 0) is 14.3 Å². The summed E-state index contributed by atoms with van der Waals surface area (Å²) in [6.45, 7) is 6.41. The maximum atomic E-state index is 12.5. The van der Waals surface area contributed by atoms with E-state index in [0.29, 0.717) is 11.1 Å². The summed E-state index contributed by atoms with van der Waals surface area (Å²) in [5, 5.41) is 0. The predicted octanol–water partition coefficient (Wildman–Crippen LogP) is 2.28. The smallest absolute Gasteiger partial charge is 0.304 e. The number of hydrogen-bond acceptors (Lipinski definition) is 4. The highest BCUT2D eigenvalue weighted by molar-refractivity contribution is 6.09. The maximum absolute atomic E-state index is 12.5. The van der Waals surface area contributed by atoms with Gasteiger partial charge in [0.1, 0.15) is 0 Å². The van der Waals surface area contributed by atoms with E-state index in [4.69, 9.17) is 4.74 Å². The Bertz CT molecular complexity index is 586. The molecule has 1 aliphatic heterocycles. The second-order valence-corrected chi connectivity index (χ2v) is 5.78. The van der Waals surface area contributed by atoms with Gasteiger partial charge in [0.2, 0.25) is 12.1 Å². The number of imide groups is 1. The molecule has 0 radical (unpaired) electrons. The SMILES string of the molecule is CC(=O)OC1c2ccccc2C(=O)N1C(=O)C(C)(C)C. The molecule has 1 unspecified atom stereocenters. The Hall–Kier alpha value is -2.17. The lowest BCUT2D eigenvalue weighted by Crippen LogP contribution is -2.42.